The number of aromatic nitrogens is 1. The van der Waals surface area contributed by atoms with Crippen molar-refractivity contribution in [3.05, 3.63) is 23.0 Å². The summed E-state index contributed by atoms with van der Waals surface area (Å²) in [6.07, 6.45) is -8.07. The Balaban J connectivity index is 3.48. The second-order valence-electron chi connectivity index (χ2n) is 3.56. The molecule has 0 radical (unpaired) electrons. The maximum Gasteiger partial charge on any atom is 0.573 e. The molecule has 0 aliphatic rings. The number of hydrogen-bond acceptors (Lipinski definition) is 4. The van der Waals surface area contributed by atoms with Gasteiger partial charge in [-0.15, -0.1) is 13.2 Å². The number of hydrogen-bond donors (Lipinski definition) is 0. The molecule has 10 heteroatoms. The van der Waals surface area contributed by atoms with E-state index in [9.17, 15) is 26.7 Å². The molecule has 1 aromatic rings. The summed E-state index contributed by atoms with van der Waals surface area (Å²) in [6.45, 7) is 1.30. The van der Waals surface area contributed by atoms with Crippen molar-refractivity contribution in [3.8, 4) is 5.75 Å². The molecule has 118 valence electrons. The SMILES string of the molecule is CCOC(=O)c1c(CBr)ncc(OC(F)(F)F)c1C(F)F. The van der Waals surface area contributed by atoms with Gasteiger partial charge in [0.25, 0.3) is 6.43 Å². The molecule has 0 aromatic carbocycles. The standard InChI is InChI=1S/C11H9BrF5NO3/c1-2-20-10(19)7-5(3-12)18-4-6(8(7)9(13)14)21-11(15,16)17/h4,9H,2-3H2,1H3. The number of pyridine rings is 1. The summed E-state index contributed by atoms with van der Waals surface area (Å²) in [7, 11) is 0. The second-order valence-corrected chi connectivity index (χ2v) is 4.12. The first-order valence-electron chi connectivity index (χ1n) is 5.50. The molecule has 0 aliphatic carbocycles. The molecule has 0 N–H and O–H groups in total. The van der Waals surface area contributed by atoms with Gasteiger partial charge in [0.1, 0.15) is 0 Å². The molecule has 1 rings (SSSR count). The van der Waals surface area contributed by atoms with Gasteiger partial charge in [0, 0.05) is 5.33 Å². The van der Waals surface area contributed by atoms with Crippen LogP contribution in [0.15, 0.2) is 6.20 Å². The van der Waals surface area contributed by atoms with Crippen LogP contribution in [0, 0.1) is 0 Å². The van der Waals surface area contributed by atoms with Gasteiger partial charge in [-0.2, -0.15) is 0 Å². The fourth-order valence-electron chi connectivity index (χ4n) is 1.50. The Morgan fingerprint density at radius 3 is 2.48 bits per heavy atom. The van der Waals surface area contributed by atoms with Crippen molar-refractivity contribution in [2.24, 2.45) is 0 Å². The first kappa shape index (κ1) is 17.6. The molecule has 4 nitrogen and oxygen atoms in total. The predicted octanol–water partition coefficient (Wildman–Crippen LogP) is 3.99. The third-order valence-electron chi connectivity index (χ3n) is 2.21. The molecule has 0 atom stereocenters. The Morgan fingerprint density at radius 1 is 1.43 bits per heavy atom. The van der Waals surface area contributed by atoms with Crippen LogP contribution in [0.4, 0.5) is 22.0 Å². The van der Waals surface area contributed by atoms with Crippen LogP contribution in [0.2, 0.25) is 0 Å². The van der Waals surface area contributed by atoms with E-state index in [2.05, 4.69) is 30.4 Å². The van der Waals surface area contributed by atoms with Crippen LogP contribution in [-0.4, -0.2) is 23.9 Å². The van der Waals surface area contributed by atoms with Gasteiger partial charge in [0.05, 0.1) is 29.6 Å². The van der Waals surface area contributed by atoms with Crippen molar-refractivity contribution in [2.45, 2.75) is 25.0 Å². The molecule has 1 heterocycles. The number of ether oxygens (including phenoxy) is 2. The lowest BCUT2D eigenvalue weighted by molar-refractivity contribution is -0.275. The minimum absolute atomic E-state index is 0.118. The minimum atomic E-state index is -5.19. The number of carbonyl (C=O) groups is 1. The number of nitrogens with zero attached hydrogens (tertiary/aromatic N) is 1. The quantitative estimate of drug-likeness (QED) is 0.442. The lowest BCUT2D eigenvalue weighted by atomic mass is 10.1. The third-order valence-corrected chi connectivity index (χ3v) is 2.74. The zero-order valence-corrected chi connectivity index (χ0v) is 12.1. The zero-order valence-electron chi connectivity index (χ0n) is 10.5. The summed E-state index contributed by atoms with van der Waals surface area (Å²) < 4.78 is 70.9. The molecule has 1 aromatic heterocycles. The number of halogens is 6. The van der Waals surface area contributed by atoms with Gasteiger partial charge in [-0.1, -0.05) is 15.9 Å². The van der Waals surface area contributed by atoms with Crippen LogP contribution in [0.25, 0.3) is 0 Å². The Morgan fingerprint density at radius 2 is 2.05 bits per heavy atom. The predicted molar refractivity (Wildman–Crippen MR) is 64.5 cm³/mol. The zero-order chi connectivity index (χ0) is 16.2. The maximum atomic E-state index is 13.1. The van der Waals surface area contributed by atoms with E-state index in [1.165, 1.54) is 6.92 Å². The first-order chi connectivity index (χ1) is 9.71. The van der Waals surface area contributed by atoms with Crippen molar-refractivity contribution in [3.63, 3.8) is 0 Å². The topological polar surface area (TPSA) is 48.4 Å². The molecule has 0 saturated heterocycles. The summed E-state index contributed by atoms with van der Waals surface area (Å²) in [5.74, 6) is -2.42. The summed E-state index contributed by atoms with van der Waals surface area (Å²) >= 11 is 2.92. The molecule has 0 bridgehead atoms. The molecular weight excluding hydrogens is 369 g/mol. The highest BCUT2D eigenvalue weighted by Gasteiger charge is 2.36. The molecule has 0 spiro atoms. The van der Waals surface area contributed by atoms with E-state index in [4.69, 9.17) is 0 Å². The van der Waals surface area contributed by atoms with E-state index >= 15 is 0 Å². The van der Waals surface area contributed by atoms with Crippen LogP contribution in [-0.2, 0) is 10.1 Å². The van der Waals surface area contributed by atoms with Crippen molar-refractivity contribution in [1.29, 1.82) is 0 Å². The van der Waals surface area contributed by atoms with Gasteiger partial charge < -0.3 is 9.47 Å². The second kappa shape index (κ2) is 7.01. The van der Waals surface area contributed by atoms with Crippen molar-refractivity contribution >= 4 is 21.9 Å². The monoisotopic (exact) mass is 377 g/mol. The molecule has 0 aliphatic heterocycles. The average Bonchev–Trinajstić information content (AvgIpc) is 2.36. The van der Waals surface area contributed by atoms with Crippen LogP contribution < -0.4 is 4.74 Å². The first-order valence-corrected chi connectivity index (χ1v) is 6.62. The molecule has 0 fully saturated rings. The number of carbonyl (C=O) groups excluding carboxylic acids is 1. The van der Waals surface area contributed by atoms with Crippen molar-refractivity contribution in [2.75, 3.05) is 6.61 Å². The minimum Gasteiger partial charge on any atom is -0.462 e. The summed E-state index contributed by atoms with van der Waals surface area (Å²) in [6, 6.07) is 0. The number of alkyl halides is 6. The average molecular weight is 378 g/mol. The fourth-order valence-corrected chi connectivity index (χ4v) is 1.93. The molecule has 0 saturated carbocycles. The van der Waals surface area contributed by atoms with E-state index in [-0.39, 0.29) is 17.6 Å². The molecule has 21 heavy (non-hydrogen) atoms. The Labute approximate surface area is 124 Å². The lowest BCUT2D eigenvalue weighted by Gasteiger charge is -2.17. The Kier molecular flexibility index (Phi) is 5.87. The van der Waals surface area contributed by atoms with E-state index in [1.54, 1.807) is 0 Å². The Hall–Kier alpha value is -1.45. The number of esters is 1. The van der Waals surface area contributed by atoms with Crippen molar-refractivity contribution in [1.82, 2.24) is 4.98 Å². The number of rotatable bonds is 5. The lowest BCUT2D eigenvalue weighted by Crippen LogP contribution is -2.21. The summed E-state index contributed by atoms with van der Waals surface area (Å²) in [4.78, 5) is 15.2. The van der Waals surface area contributed by atoms with Gasteiger partial charge in [-0.3, -0.25) is 4.98 Å². The highest BCUT2D eigenvalue weighted by atomic mass is 79.9. The molecular formula is C11H9BrF5NO3. The Bertz CT molecular complexity index is 521. The van der Waals surface area contributed by atoms with Crippen molar-refractivity contribution < 1.29 is 36.2 Å². The van der Waals surface area contributed by atoms with Gasteiger partial charge >= 0.3 is 12.3 Å². The highest BCUT2D eigenvalue weighted by Crippen LogP contribution is 2.36. The van der Waals surface area contributed by atoms with Gasteiger partial charge in [-0.25, -0.2) is 13.6 Å². The molecule has 0 unspecified atom stereocenters. The van der Waals surface area contributed by atoms with Crippen LogP contribution in [0.1, 0.15) is 35.0 Å². The van der Waals surface area contributed by atoms with Gasteiger partial charge in [0.15, 0.2) is 5.75 Å². The van der Waals surface area contributed by atoms with Gasteiger partial charge in [0.2, 0.25) is 0 Å². The molecule has 0 amide bonds. The summed E-state index contributed by atoms with van der Waals surface area (Å²) in [5, 5.41) is -0.118. The highest BCUT2D eigenvalue weighted by molar-refractivity contribution is 9.08. The fraction of sp³-hybridized carbons (Fsp3) is 0.455. The van der Waals surface area contributed by atoms with E-state index in [0.29, 0.717) is 6.20 Å². The van der Waals surface area contributed by atoms with Crippen LogP contribution in [0.3, 0.4) is 0 Å². The van der Waals surface area contributed by atoms with E-state index in [0.717, 1.165) is 0 Å². The normalized spacial score (nSPS) is 11.6. The van der Waals surface area contributed by atoms with E-state index in [1.807, 2.05) is 0 Å². The van der Waals surface area contributed by atoms with Gasteiger partial charge in [-0.05, 0) is 6.92 Å². The largest absolute Gasteiger partial charge is 0.573 e. The smallest absolute Gasteiger partial charge is 0.462 e. The van der Waals surface area contributed by atoms with Crippen LogP contribution >= 0.6 is 15.9 Å². The summed E-state index contributed by atoms with van der Waals surface area (Å²) in [5.41, 5.74) is -2.10. The van der Waals surface area contributed by atoms with E-state index < -0.39 is 35.6 Å². The third kappa shape index (κ3) is 4.51. The van der Waals surface area contributed by atoms with Crippen LogP contribution in [0.5, 0.6) is 5.75 Å². The maximum absolute atomic E-state index is 13.1.